The van der Waals surface area contributed by atoms with Gasteiger partial charge in [0.05, 0.1) is 17.3 Å². The number of aryl methyl sites for hydroxylation is 2. The minimum Gasteiger partial charge on any atom is -0.395 e. The number of hydrogen-bond donors (Lipinski definition) is 2. The Morgan fingerprint density at radius 2 is 1.94 bits per heavy atom. The molecule has 2 unspecified atom stereocenters. The zero-order valence-corrected chi connectivity index (χ0v) is 12.3. The lowest BCUT2D eigenvalue weighted by Crippen LogP contribution is -2.36. The monoisotopic (exact) mass is 256 g/mol. The molecule has 0 spiro atoms. The third-order valence-corrected chi connectivity index (χ3v) is 3.71. The molecule has 0 fully saturated rings. The van der Waals surface area contributed by atoms with Gasteiger partial charge in [-0.25, -0.2) is 4.98 Å². The van der Waals surface area contributed by atoms with Crippen LogP contribution >= 0.6 is 11.3 Å². The van der Waals surface area contributed by atoms with Crippen LogP contribution in [0.5, 0.6) is 0 Å². The fourth-order valence-electron chi connectivity index (χ4n) is 2.14. The molecule has 0 amide bonds. The Hall–Kier alpha value is -0.450. The SMILES string of the molecule is Cc1nc(C(C)NC(CO)CC(C)C)c(C)s1. The molecule has 0 aromatic carbocycles. The molecule has 4 heteroatoms. The summed E-state index contributed by atoms with van der Waals surface area (Å²) in [6.07, 6.45) is 0.989. The number of nitrogens with zero attached hydrogens (tertiary/aromatic N) is 1. The average molecular weight is 256 g/mol. The minimum absolute atomic E-state index is 0.159. The van der Waals surface area contributed by atoms with E-state index in [0.717, 1.165) is 17.1 Å². The first-order valence-electron chi connectivity index (χ1n) is 6.24. The maximum absolute atomic E-state index is 9.36. The maximum Gasteiger partial charge on any atom is 0.0900 e. The first kappa shape index (κ1) is 14.6. The van der Waals surface area contributed by atoms with E-state index in [-0.39, 0.29) is 18.7 Å². The number of aliphatic hydroxyl groups is 1. The van der Waals surface area contributed by atoms with E-state index in [2.05, 4.69) is 38.0 Å². The van der Waals surface area contributed by atoms with Crippen molar-refractivity contribution in [3.8, 4) is 0 Å². The van der Waals surface area contributed by atoms with Crippen LogP contribution in [0.2, 0.25) is 0 Å². The summed E-state index contributed by atoms with van der Waals surface area (Å²) in [5.74, 6) is 0.588. The van der Waals surface area contributed by atoms with Gasteiger partial charge >= 0.3 is 0 Å². The lowest BCUT2D eigenvalue weighted by molar-refractivity contribution is 0.214. The van der Waals surface area contributed by atoms with E-state index >= 15 is 0 Å². The van der Waals surface area contributed by atoms with Crippen molar-refractivity contribution in [1.82, 2.24) is 10.3 Å². The Morgan fingerprint density at radius 1 is 1.29 bits per heavy atom. The highest BCUT2D eigenvalue weighted by atomic mass is 32.1. The Labute approximate surface area is 108 Å². The van der Waals surface area contributed by atoms with Gasteiger partial charge in [0.15, 0.2) is 0 Å². The van der Waals surface area contributed by atoms with Gasteiger partial charge in [-0.1, -0.05) is 13.8 Å². The van der Waals surface area contributed by atoms with E-state index in [1.165, 1.54) is 4.88 Å². The van der Waals surface area contributed by atoms with Gasteiger partial charge in [0.25, 0.3) is 0 Å². The smallest absolute Gasteiger partial charge is 0.0900 e. The van der Waals surface area contributed by atoms with Crippen molar-refractivity contribution in [2.75, 3.05) is 6.61 Å². The van der Waals surface area contributed by atoms with Crippen LogP contribution in [0.4, 0.5) is 0 Å². The van der Waals surface area contributed by atoms with Crippen molar-refractivity contribution in [2.24, 2.45) is 5.92 Å². The summed E-state index contributed by atoms with van der Waals surface area (Å²) in [5, 5.41) is 13.9. The van der Waals surface area contributed by atoms with Gasteiger partial charge in [-0.2, -0.15) is 0 Å². The highest BCUT2D eigenvalue weighted by Gasteiger charge is 2.17. The van der Waals surface area contributed by atoms with E-state index < -0.39 is 0 Å². The summed E-state index contributed by atoms with van der Waals surface area (Å²) in [7, 11) is 0. The van der Waals surface area contributed by atoms with Crippen molar-refractivity contribution in [2.45, 2.75) is 53.1 Å². The van der Waals surface area contributed by atoms with Gasteiger partial charge in [-0.05, 0) is 33.1 Å². The summed E-state index contributed by atoms with van der Waals surface area (Å²) in [6, 6.07) is 0.363. The van der Waals surface area contributed by atoms with Gasteiger partial charge in [0, 0.05) is 17.0 Å². The van der Waals surface area contributed by atoms with Crippen LogP contribution in [-0.2, 0) is 0 Å². The molecule has 1 aromatic heterocycles. The lowest BCUT2D eigenvalue weighted by atomic mass is 10.0. The second-order valence-electron chi connectivity index (χ2n) is 5.07. The normalized spacial score (nSPS) is 15.2. The van der Waals surface area contributed by atoms with Crippen LogP contribution in [0.3, 0.4) is 0 Å². The molecule has 3 nitrogen and oxygen atoms in total. The zero-order chi connectivity index (χ0) is 13.0. The minimum atomic E-state index is 0.159. The van der Waals surface area contributed by atoms with Crippen LogP contribution in [0.15, 0.2) is 0 Å². The molecular formula is C13H24N2OS. The highest BCUT2D eigenvalue weighted by molar-refractivity contribution is 7.11. The van der Waals surface area contributed by atoms with Gasteiger partial charge < -0.3 is 10.4 Å². The van der Waals surface area contributed by atoms with E-state index in [9.17, 15) is 5.11 Å². The molecular weight excluding hydrogens is 232 g/mol. The molecule has 0 aliphatic rings. The molecule has 0 saturated heterocycles. The van der Waals surface area contributed by atoms with Crippen molar-refractivity contribution in [1.29, 1.82) is 0 Å². The van der Waals surface area contributed by atoms with E-state index in [1.54, 1.807) is 11.3 Å². The van der Waals surface area contributed by atoms with Gasteiger partial charge in [-0.3, -0.25) is 0 Å². The Morgan fingerprint density at radius 3 is 2.35 bits per heavy atom. The number of nitrogens with one attached hydrogen (secondary N) is 1. The molecule has 1 rings (SSSR count). The fourth-order valence-corrected chi connectivity index (χ4v) is 3.06. The second-order valence-corrected chi connectivity index (χ2v) is 6.48. The molecule has 2 N–H and O–H groups in total. The molecule has 1 aromatic rings. The Balaban J connectivity index is 2.64. The fraction of sp³-hybridized carbons (Fsp3) is 0.769. The number of hydrogen-bond acceptors (Lipinski definition) is 4. The summed E-state index contributed by atoms with van der Waals surface area (Å²) in [5.41, 5.74) is 1.12. The maximum atomic E-state index is 9.36. The third kappa shape index (κ3) is 4.37. The molecule has 17 heavy (non-hydrogen) atoms. The summed E-state index contributed by atoms with van der Waals surface area (Å²) in [6.45, 7) is 10.8. The van der Waals surface area contributed by atoms with Crippen molar-refractivity contribution in [3.05, 3.63) is 15.6 Å². The first-order chi connectivity index (χ1) is 7.93. The molecule has 98 valence electrons. The lowest BCUT2D eigenvalue weighted by Gasteiger charge is -2.22. The van der Waals surface area contributed by atoms with Crippen molar-refractivity contribution < 1.29 is 5.11 Å². The van der Waals surface area contributed by atoms with Gasteiger partial charge in [0.1, 0.15) is 0 Å². The second kappa shape index (κ2) is 6.47. The van der Waals surface area contributed by atoms with E-state index in [4.69, 9.17) is 0 Å². The summed E-state index contributed by atoms with van der Waals surface area (Å²) in [4.78, 5) is 5.82. The number of thiazole rings is 1. The van der Waals surface area contributed by atoms with Crippen molar-refractivity contribution in [3.63, 3.8) is 0 Å². The van der Waals surface area contributed by atoms with Crippen LogP contribution in [0.1, 0.15) is 48.8 Å². The van der Waals surface area contributed by atoms with Gasteiger partial charge in [0.2, 0.25) is 0 Å². The van der Waals surface area contributed by atoms with Crippen LogP contribution in [0.25, 0.3) is 0 Å². The third-order valence-electron chi connectivity index (χ3n) is 2.81. The summed E-state index contributed by atoms with van der Waals surface area (Å²) >= 11 is 1.73. The molecule has 0 saturated carbocycles. The average Bonchev–Trinajstić information content (AvgIpc) is 2.56. The molecule has 1 heterocycles. The van der Waals surface area contributed by atoms with E-state index in [0.29, 0.717) is 5.92 Å². The number of aliphatic hydroxyl groups excluding tert-OH is 1. The predicted octanol–water partition coefficient (Wildman–Crippen LogP) is 2.82. The Bertz CT molecular complexity index is 349. The standard InChI is InChI=1S/C13H24N2OS/c1-8(2)6-12(7-16)14-9(3)13-10(4)17-11(5)15-13/h8-9,12,14,16H,6-7H2,1-5H3. The molecule has 0 aliphatic carbocycles. The largest absolute Gasteiger partial charge is 0.395 e. The number of rotatable bonds is 6. The highest BCUT2D eigenvalue weighted by Crippen LogP contribution is 2.23. The zero-order valence-electron chi connectivity index (χ0n) is 11.4. The predicted molar refractivity (Wildman–Crippen MR) is 73.5 cm³/mol. The van der Waals surface area contributed by atoms with Crippen LogP contribution in [-0.4, -0.2) is 22.7 Å². The van der Waals surface area contributed by atoms with Gasteiger partial charge in [-0.15, -0.1) is 11.3 Å². The Kier molecular flexibility index (Phi) is 5.56. The van der Waals surface area contributed by atoms with Crippen LogP contribution < -0.4 is 5.32 Å². The molecule has 2 atom stereocenters. The first-order valence-corrected chi connectivity index (χ1v) is 7.06. The molecule has 0 radical (unpaired) electrons. The van der Waals surface area contributed by atoms with Crippen LogP contribution in [0, 0.1) is 19.8 Å². The quantitative estimate of drug-likeness (QED) is 0.822. The van der Waals surface area contributed by atoms with Crippen molar-refractivity contribution >= 4 is 11.3 Å². The topological polar surface area (TPSA) is 45.2 Å². The summed E-state index contributed by atoms with van der Waals surface area (Å²) < 4.78 is 0. The molecule has 0 bridgehead atoms. The molecule has 0 aliphatic heterocycles. The van der Waals surface area contributed by atoms with E-state index in [1.807, 2.05) is 6.92 Å². The number of aromatic nitrogens is 1.